The topological polar surface area (TPSA) is 75.7 Å². The number of carbonyl (C=O) groups excluding carboxylic acids is 1. The van der Waals surface area contributed by atoms with Crippen molar-refractivity contribution in [2.24, 2.45) is 0 Å². The molecule has 0 aliphatic heterocycles. The van der Waals surface area contributed by atoms with E-state index in [2.05, 4.69) is 5.32 Å². The molecule has 0 atom stereocenters. The minimum absolute atomic E-state index is 0.00284. The smallest absolute Gasteiger partial charge is 0.264 e. The lowest BCUT2D eigenvalue weighted by Gasteiger charge is -2.24. The van der Waals surface area contributed by atoms with Crippen LogP contribution in [0.3, 0.4) is 0 Å². The van der Waals surface area contributed by atoms with E-state index in [1.54, 1.807) is 66.7 Å². The van der Waals surface area contributed by atoms with Crippen LogP contribution in [0.25, 0.3) is 0 Å². The Kier molecular flexibility index (Phi) is 7.31. The standard InChI is InChI=1S/C24H26N2O4S/c1-3-30-23-12-8-7-11-22(23)25-24(27)17-18-26(20-9-5-4-6-10-20)31(28,29)21-15-13-19(2)14-16-21/h4-16H,3,17-18H2,1-2H3,(H,25,27). The van der Waals surface area contributed by atoms with E-state index in [-0.39, 0.29) is 23.8 Å². The zero-order valence-electron chi connectivity index (χ0n) is 17.6. The Bertz CT molecular complexity index is 1110. The molecule has 0 aromatic heterocycles. The van der Waals surface area contributed by atoms with Gasteiger partial charge in [0.15, 0.2) is 0 Å². The molecule has 0 saturated carbocycles. The van der Waals surface area contributed by atoms with Crippen molar-refractivity contribution in [3.63, 3.8) is 0 Å². The number of sulfonamides is 1. The first-order valence-corrected chi connectivity index (χ1v) is 11.5. The third kappa shape index (κ3) is 5.64. The van der Waals surface area contributed by atoms with Gasteiger partial charge in [0, 0.05) is 13.0 Å². The van der Waals surface area contributed by atoms with Crippen molar-refractivity contribution < 1.29 is 17.9 Å². The summed E-state index contributed by atoms with van der Waals surface area (Å²) in [5, 5.41) is 2.82. The van der Waals surface area contributed by atoms with Gasteiger partial charge in [0.2, 0.25) is 5.91 Å². The molecule has 0 radical (unpaired) electrons. The van der Waals surface area contributed by atoms with E-state index in [4.69, 9.17) is 4.74 Å². The molecule has 3 aromatic carbocycles. The third-order valence-electron chi connectivity index (χ3n) is 4.66. The SMILES string of the molecule is CCOc1ccccc1NC(=O)CCN(c1ccccc1)S(=O)(=O)c1ccc(C)cc1. The fourth-order valence-corrected chi connectivity index (χ4v) is 4.55. The lowest BCUT2D eigenvalue weighted by atomic mass is 10.2. The highest BCUT2D eigenvalue weighted by molar-refractivity contribution is 7.92. The number of carbonyl (C=O) groups is 1. The predicted molar refractivity (Wildman–Crippen MR) is 123 cm³/mol. The van der Waals surface area contributed by atoms with Crippen LogP contribution in [0.15, 0.2) is 83.8 Å². The van der Waals surface area contributed by atoms with E-state index < -0.39 is 10.0 Å². The molecule has 0 heterocycles. The number of hydrogen-bond acceptors (Lipinski definition) is 4. The number of rotatable bonds is 9. The molecule has 6 nitrogen and oxygen atoms in total. The van der Waals surface area contributed by atoms with E-state index in [0.29, 0.717) is 23.7 Å². The van der Waals surface area contributed by atoms with Crippen LogP contribution >= 0.6 is 0 Å². The normalized spacial score (nSPS) is 11.0. The zero-order chi connectivity index (χ0) is 22.3. The van der Waals surface area contributed by atoms with Gasteiger partial charge in [0.25, 0.3) is 10.0 Å². The Morgan fingerprint density at radius 1 is 0.935 bits per heavy atom. The second kappa shape index (κ2) is 10.1. The highest BCUT2D eigenvalue weighted by Gasteiger charge is 2.25. The summed E-state index contributed by atoms with van der Waals surface area (Å²) >= 11 is 0. The highest BCUT2D eigenvalue weighted by Crippen LogP contribution is 2.26. The zero-order valence-corrected chi connectivity index (χ0v) is 18.4. The molecular formula is C24H26N2O4S. The van der Waals surface area contributed by atoms with E-state index in [0.717, 1.165) is 5.56 Å². The van der Waals surface area contributed by atoms with Crippen LogP contribution < -0.4 is 14.4 Å². The van der Waals surface area contributed by atoms with E-state index in [1.165, 1.54) is 4.31 Å². The molecule has 1 N–H and O–H groups in total. The Balaban J connectivity index is 1.80. The summed E-state index contributed by atoms with van der Waals surface area (Å²) in [6, 6.07) is 22.6. The maximum Gasteiger partial charge on any atom is 0.264 e. The first-order valence-electron chi connectivity index (χ1n) is 10.1. The summed E-state index contributed by atoms with van der Waals surface area (Å²) in [5.41, 5.74) is 2.03. The molecule has 162 valence electrons. The van der Waals surface area contributed by atoms with Crippen molar-refractivity contribution >= 4 is 27.3 Å². The maximum atomic E-state index is 13.3. The largest absolute Gasteiger partial charge is 0.492 e. The number of ether oxygens (including phenoxy) is 1. The number of anilines is 2. The van der Waals surface area contributed by atoms with Gasteiger partial charge in [-0.2, -0.15) is 0 Å². The average Bonchev–Trinajstić information content (AvgIpc) is 2.76. The van der Waals surface area contributed by atoms with Crippen molar-refractivity contribution in [1.29, 1.82) is 0 Å². The van der Waals surface area contributed by atoms with Gasteiger partial charge in [-0.15, -0.1) is 0 Å². The number of nitrogens with one attached hydrogen (secondary N) is 1. The number of hydrogen-bond donors (Lipinski definition) is 1. The second-order valence-electron chi connectivity index (χ2n) is 6.95. The molecule has 0 aliphatic carbocycles. The van der Waals surface area contributed by atoms with Gasteiger partial charge in [-0.3, -0.25) is 9.10 Å². The number of aryl methyl sites for hydroxylation is 1. The monoisotopic (exact) mass is 438 g/mol. The second-order valence-corrected chi connectivity index (χ2v) is 8.82. The van der Waals surface area contributed by atoms with E-state index >= 15 is 0 Å². The Labute approximate surface area is 183 Å². The summed E-state index contributed by atoms with van der Waals surface area (Å²) in [7, 11) is -3.83. The summed E-state index contributed by atoms with van der Waals surface area (Å²) in [5.74, 6) is 0.276. The van der Waals surface area contributed by atoms with Gasteiger partial charge >= 0.3 is 0 Å². The Hall–Kier alpha value is -3.32. The molecule has 3 rings (SSSR count). The highest BCUT2D eigenvalue weighted by atomic mass is 32.2. The van der Waals surface area contributed by atoms with Crippen LogP contribution in [0, 0.1) is 6.92 Å². The maximum absolute atomic E-state index is 13.3. The molecule has 1 amide bonds. The van der Waals surface area contributed by atoms with Crippen molar-refractivity contribution in [3.8, 4) is 5.75 Å². The summed E-state index contributed by atoms with van der Waals surface area (Å²) < 4.78 is 33.5. The lowest BCUT2D eigenvalue weighted by molar-refractivity contribution is -0.116. The minimum Gasteiger partial charge on any atom is -0.492 e. The molecule has 0 saturated heterocycles. The summed E-state index contributed by atoms with van der Waals surface area (Å²) in [6.45, 7) is 4.24. The van der Waals surface area contributed by atoms with Crippen molar-refractivity contribution in [3.05, 3.63) is 84.4 Å². The van der Waals surface area contributed by atoms with Crippen LogP contribution in [0.1, 0.15) is 18.9 Å². The third-order valence-corrected chi connectivity index (χ3v) is 6.50. The number of benzene rings is 3. The van der Waals surface area contributed by atoms with Crippen LogP contribution in [0.5, 0.6) is 5.75 Å². The molecule has 3 aromatic rings. The number of para-hydroxylation sites is 3. The van der Waals surface area contributed by atoms with Crippen LogP contribution in [0.4, 0.5) is 11.4 Å². The van der Waals surface area contributed by atoms with Gasteiger partial charge in [0.1, 0.15) is 5.75 Å². The fourth-order valence-electron chi connectivity index (χ4n) is 3.09. The number of nitrogens with zero attached hydrogens (tertiary/aromatic N) is 1. The summed E-state index contributed by atoms with van der Waals surface area (Å²) in [6.07, 6.45) is -0.0134. The number of amides is 1. The molecule has 0 fully saturated rings. The Morgan fingerprint density at radius 2 is 1.58 bits per heavy atom. The average molecular weight is 439 g/mol. The first-order chi connectivity index (χ1) is 14.9. The van der Waals surface area contributed by atoms with Crippen LogP contribution in [0.2, 0.25) is 0 Å². The van der Waals surface area contributed by atoms with Crippen molar-refractivity contribution in [2.75, 3.05) is 22.8 Å². The van der Waals surface area contributed by atoms with Crippen LogP contribution in [-0.4, -0.2) is 27.5 Å². The van der Waals surface area contributed by atoms with Gasteiger partial charge in [-0.1, -0.05) is 48.0 Å². The molecule has 0 bridgehead atoms. The predicted octanol–water partition coefficient (Wildman–Crippen LogP) is 4.62. The van der Waals surface area contributed by atoms with Crippen molar-refractivity contribution in [2.45, 2.75) is 25.2 Å². The molecule has 0 aliphatic rings. The molecule has 7 heteroatoms. The molecule has 0 unspecified atom stereocenters. The van der Waals surface area contributed by atoms with Gasteiger partial charge in [-0.05, 0) is 50.2 Å². The lowest BCUT2D eigenvalue weighted by Crippen LogP contribution is -2.34. The molecule has 31 heavy (non-hydrogen) atoms. The van der Waals surface area contributed by atoms with Gasteiger partial charge < -0.3 is 10.1 Å². The van der Waals surface area contributed by atoms with Gasteiger partial charge in [-0.25, -0.2) is 8.42 Å². The molecule has 0 spiro atoms. The Morgan fingerprint density at radius 3 is 2.26 bits per heavy atom. The fraction of sp³-hybridized carbons (Fsp3) is 0.208. The van der Waals surface area contributed by atoms with Crippen LogP contribution in [-0.2, 0) is 14.8 Å². The van der Waals surface area contributed by atoms with E-state index in [1.807, 2.05) is 26.0 Å². The molecular weight excluding hydrogens is 412 g/mol. The first kappa shape index (κ1) is 22.4. The minimum atomic E-state index is -3.83. The quantitative estimate of drug-likeness (QED) is 0.529. The van der Waals surface area contributed by atoms with E-state index in [9.17, 15) is 13.2 Å². The summed E-state index contributed by atoms with van der Waals surface area (Å²) in [4.78, 5) is 12.8. The van der Waals surface area contributed by atoms with Crippen molar-refractivity contribution in [1.82, 2.24) is 0 Å². The van der Waals surface area contributed by atoms with Gasteiger partial charge in [0.05, 0.1) is 22.9 Å².